The molecule has 1 atom stereocenters. The van der Waals surface area contributed by atoms with Crippen molar-refractivity contribution in [2.24, 2.45) is 0 Å². The molecule has 0 radical (unpaired) electrons. The standard InChI is InChI=1S/C25H21FN4O2S2/c1-15-21(24-28-23(29-32-24)17-7-11-19(33-2)12-8-17)22(16-5-9-18(26)10-6-16)27-25(31)30(15)14-20-4-3-13-34-20/h3-13,22H,14H2,1-2H3,(H,27,31). The number of hydrogen-bond acceptors (Lipinski definition) is 6. The van der Waals surface area contributed by atoms with Crippen molar-refractivity contribution in [3.63, 3.8) is 0 Å². The average Bonchev–Trinajstić information content (AvgIpc) is 3.54. The Kier molecular flexibility index (Phi) is 6.21. The summed E-state index contributed by atoms with van der Waals surface area (Å²) in [5, 5.41) is 9.21. The maximum Gasteiger partial charge on any atom is 0.322 e. The number of nitrogens with zero attached hydrogens (tertiary/aromatic N) is 3. The first kappa shape index (κ1) is 22.4. The molecule has 0 aliphatic carbocycles. The molecule has 0 fully saturated rings. The van der Waals surface area contributed by atoms with E-state index < -0.39 is 6.04 Å². The molecule has 9 heteroatoms. The second-order valence-electron chi connectivity index (χ2n) is 7.75. The molecule has 3 heterocycles. The molecule has 0 saturated carbocycles. The highest BCUT2D eigenvalue weighted by Gasteiger charge is 2.36. The molecule has 1 N–H and O–H groups in total. The van der Waals surface area contributed by atoms with Gasteiger partial charge in [0, 0.05) is 21.0 Å². The molecule has 0 bridgehead atoms. The second kappa shape index (κ2) is 9.44. The van der Waals surface area contributed by atoms with Crippen LogP contribution >= 0.6 is 23.1 Å². The number of thiophene rings is 1. The molecule has 2 aromatic heterocycles. The molecule has 6 nitrogen and oxygen atoms in total. The van der Waals surface area contributed by atoms with Crippen LogP contribution in [0.25, 0.3) is 17.0 Å². The van der Waals surface area contributed by atoms with Gasteiger partial charge in [-0.15, -0.1) is 23.1 Å². The Morgan fingerprint density at radius 1 is 1.15 bits per heavy atom. The minimum absolute atomic E-state index is 0.239. The lowest BCUT2D eigenvalue weighted by molar-refractivity contribution is 0.203. The largest absolute Gasteiger partial charge is 0.334 e. The molecular weight excluding hydrogens is 471 g/mol. The molecule has 172 valence electrons. The summed E-state index contributed by atoms with van der Waals surface area (Å²) < 4.78 is 19.3. The Morgan fingerprint density at radius 3 is 2.59 bits per heavy atom. The molecule has 34 heavy (non-hydrogen) atoms. The van der Waals surface area contributed by atoms with Gasteiger partial charge in [-0.1, -0.05) is 23.4 Å². The van der Waals surface area contributed by atoms with Gasteiger partial charge in [0.2, 0.25) is 5.82 Å². The minimum Gasteiger partial charge on any atom is -0.334 e. The highest BCUT2D eigenvalue weighted by atomic mass is 32.2. The van der Waals surface area contributed by atoms with E-state index in [1.165, 1.54) is 12.1 Å². The van der Waals surface area contributed by atoms with Crippen LogP contribution in [0.5, 0.6) is 0 Å². The summed E-state index contributed by atoms with van der Waals surface area (Å²) in [5.41, 5.74) is 2.95. The van der Waals surface area contributed by atoms with E-state index in [1.807, 2.05) is 55.0 Å². The lowest BCUT2D eigenvalue weighted by atomic mass is 9.94. The molecule has 1 aliphatic heterocycles. The fraction of sp³-hybridized carbons (Fsp3) is 0.160. The number of nitrogens with one attached hydrogen (secondary N) is 1. The van der Waals surface area contributed by atoms with Gasteiger partial charge in [0.25, 0.3) is 5.89 Å². The van der Waals surface area contributed by atoms with E-state index in [0.717, 1.165) is 20.9 Å². The van der Waals surface area contributed by atoms with Crippen LogP contribution in [0.15, 0.2) is 81.2 Å². The topological polar surface area (TPSA) is 71.3 Å². The Labute approximate surface area is 204 Å². The van der Waals surface area contributed by atoms with Crippen molar-refractivity contribution in [3.05, 3.63) is 93.9 Å². The summed E-state index contributed by atoms with van der Waals surface area (Å²) in [4.78, 5) is 21.6. The lowest BCUT2D eigenvalue weighted by Crippen LogP contribution is -2.45. The molecular formula is C25H21FN4O2S2. The third-order valence-corrected chi connectivity index (χ3v) is 7.30. The van der Waals surface area contributed by atoms with E-state index in [0.29, 0.717) is 29.5 Å². The summed E-state index contributed by atoms with van der Waals surface area (Å²) >= 11 is 3.24. The van der Waals surface area contributed by atoms with E-state index in [4.69, 9.17) is 4.52 Å². The maximum absolute atomic E-state index is 13.6. The first-order valence-corrected chi connectivity index (χ1v) is 12.7. The molecule has 2 aromatic carbocycles. The Bertz CT molecular complexity index is 1330. The fourth-order valence-electron chi connectivity index (χ4n) is 3.90. The summed E-state index contributed by atoms with van der Waals surface area (Å²) in [6, 6.07) is 17.1. The summed E-state index contributed by atoms with van der Waals surface area (Å²) in [7, 11) is 0. The van der Waals surface area contributed by atoms with Gasteiger partial charge in [-0.05, 0) is 66.6 Å². The Balaban J connectivity index is 1.58. The van der Waals surface area contributed by atoms with Crippen LogP contribution in [0.3, 0.4) is 0 Å². The van der Waals surface area contributed by atoms with Crippen LogP contribution in [-0.2, 0) is 6.54 Å². The van der Waals surface area contributed by atoms with Crippen LogP contribution in [0.2, 0.25) is 0 Å². The maximum atomic E-state index is 13.6. The summed E-state index contributed by atoms with van der Waals surface area (Å²) in [6.45, 7) is 2.29. The minimum atomic E-state index is -0.556. The van der Waals surface area contributed by atoms with E-state index in [2.05, 4.69) is 15.5 Å². The molecule has 1 unspecified atom stereocenters. The van der Waals surface area contributed by atoms with Gasteiger partial charge in [-0.2, -0.15) is 4.98 Å². The van der Waals surface area contributed by atoms with Crippen LogP contribution in [0.4, 0.5) is 9.18 Å². The highest BCUT2D eigenvalue weighted by Crippen LogP contribution is 2.38. The molecule has 4 aromatic rings. The van der Waals surface area contributed by atoms with Crippen molar-refractivity contribution in [3.8, 4) is 11.4 Å². The van der Waals surface area contributed by atoms with Gasteiger partial charge in [0.1, 0.15) is 5.82 Å². The quantitative estimate of drug-likeness (QED) is 0.317. The third kappa shape index (κ3) is 4.36. The zero-order valence-electron chi connectivity index (χ0n) is 18.5. The van der Waals surface area contributed by atoms with Gasteiger partial charge < -0.3 is 9.84 Å². The van der Waals surface area contributed by atoms with Crippen molar-refractivity contribution in [1.29, 1.82) is 0 Å². The molecule has 1 aliphatic rings. The number of thioether (sulfide) groups is 1. The number of urea groups is 1. The van der Waals surface area contributed by atoms with Crippen molar-refractivity contribution in [2.75, 3.05) is 6.26 Å². The monoisotopic (exact) mass is 492 g/mol. The number of carbonyl (C=O) groups is 1. The SMILES string of the molecule is CSc1ccc(-c2noc(C3=C(C)N(Cc4cccs4)C(=O)NC3c3ccc(F)cc3)n2)cc1. The number of carbonyl (C=O) groups excluding carboxylic acids is 1. The molecule has 0 spiro atoms. The molecule has 5 rings (SSSR count). The fourth-order valence-corrected chi connectivity index (χ4v) is 5.00. The number of aromatic nitrogens is 2. The normalized spacial score (nSPS) is 16.1. The van der Waals surface area contributed by atoms with Crippen molar-refractivity contribution in [2.45, 2.75) is 24.4 Å². The van der Waals surface area contributed by atoms with E-state index >= 15 is 0 Å². The van der Waals surface area contributed by atoms with Crippen LogP contribution < -0.4 is 5.32 Å². The van der Waals surface area contributed by atoms with Gasteiger partial charge in [0.15, 0.2) is 0 Å². The van der Waals surface area contributed by atoms with Crippen LogP contribution in [0, 0.1) is 5.82 Å². The van der Waals surface area contributed by atoms with E-state index in [-0.39, 0.29) is 11.8 Å². The average molecular weight is 493 g/mol. The van der Waals surface area contributed by atoms with E-state index in [9.17, 15) is 9.18 Å². The Morgan fingerprint density at radius 2 is 1.91 bits per heavy atom. The second-order valence-corrected chi connectivity index (χ2v) is 9.66. The summed E-state index contributed by atoms with van der Waals surface area (Å²) in [5.74, 6) is 0.427. The van der Waals surface area contributed by atoms with Crippen molar-refractivity contribution >= 4 is 34.7 Å². The van der Waals surface area contributed by atoms with Crippen molar-refractivity contribution in [1.82, 2.24) is 20.4 Å². The molecule has 2 amide bonds. The third-order valence-electron chi connectivity index (χ3n) is 5.70. The van der Waals surface area contributed by atoms with Crippen molar-refractivity contribution < 1.29 is 13.7 Å². The van der Waals surface area contributed by atoms with Gasteiger partial charge >= 0.3 is 6.03 Å². The number of rotatable bonds is 6. The van der Waals surface area contributed by atoms with Gasteiger partial charge in [0.05, 0.1) is 18.2 Å². The zero-order valence-corrected chi connectivity index (χ0v) is 20.1. The number of halogens is 1. The predicted molar refractivity (Wildman–Crippen MR) is 132 cm³/mol. The summed E-state index contributed by atoms with van der Waals surface area (Å²) in [6.07, 6.45) is 2.02. The van der Waals surface area contributed by atoms with Gasteiger partial charge in [-0.3, -0.25) is 4.90 Å². The predicted octanol–water partition coefficient (Wildman–Crippen LogP) is 6.36. The number of hydrogen-bond donors (Lipinski definition) is 1. The number of amides is 2. The molecule has 0 saturated heterocycles. The Hall–Kier alpha value is -3.43. The van der Waals surface area contributed by atoms with E-state index in [1.54, 1.807) is 40.1 Å². The van der Waals surface area contributed by atoms with Gasteiger partial charge in [-0.25, -0.2) is 9.18 Å². The zero-order chi connectivity index (χ0) is 23.7. The first-order chi connectivity index (χ1) is 16.5. The highest BCUT2D eigenvalue weighted by molar-refractivity contribution is 7.98. The van der Waals surface area contributed by atoms with Crippen LogP contribution in [0.1, 0.15) is 29.3 Å². The number of allylic oxidation sites excluding steroid dienone is 1. The first-order valence-electron chi connectivity index (χ1n) is 10.6. The smallest absolute Gasteiger partial charge is 0.322 e. The van der Waals surface area contributed by atoms with Crippen LogP contribution in [-0.4, -0.2) is 27.3 Å². The lowest BCUT2D eigenvalue weighted by Gasteiger charge is -2.35. The number of benzene rings is 2.